The number of hydrogen-bond donors (Lipinski definition) is 0. The minimum atomic E-state index is -0.0466. The van der Waals surface area contributed by atoms with Gasteiger partial charge in [0.05, 0.1) is 11.8 Å². The second kappa shape index (κ2) is 6.98. The zero-order valence-corrected chi connectivity index (χ0v) is 14.3. The lowest BCUT2D eigenvalue weighted by Crippen LogP contribution is -2.21. The van der Waals surface area contributed by atoms with E-state index in [1.807, 2.05) is 35.0 Å². The van der Waals surface area contributed by atoms with Crippen molar-refractivity contribution in [1.82, 2.24) is 0 Å². The molecular weight excluding hydrogens is 396 g/mol. The number of halogens is 2. The number of carbonyl (C=O) groups is 1. The van der Waals surface area contributed by atoms with Crippen molar-refractivity contribution in [2.24, 2.45) is 0 Å². The van der Waals surface area contributed by atoms with Gasteiger partial charge < -0.3 is 0 Å². The summed E-state index contributed by atoms with van der Waals surface area (Å²) in [5.41, 5.74) is 0. The van der Waals surface area contributed by atoms with Gasteiger partial charge in [-0.15, -0.1) is 22.7 Å². The second-order valence-electron chi connectivity index (χ2n) is 3.85. The molecule has 0 saturated carbocycles. The fourth-order valence-corrected chi connectivity index (χ4v) is 5.24. The highest BCUT2D eigenvalue weighted by Crippen LogP contribution is 2.33. The van der Waals surface area contributed by atoms with Crippen LogP contribution in [0.25, 0.3) is 0 Å². The number of rotatable bonds is 6. The predicted molar refractivity (Wildman–Crippen MR) is 86.7 cm³/mol. The van der Waals surface area contributed by atoms with Crippen molar-refractivity contribution in [3.8, 4) is 0 Å². The summed E-state index contributed by atoms with van der Waals surface area (Å²) in [5.74, 6) is 0.193. The van der Waals surface area contributed by atoms with Gasteiger partial charge in [0, 0.05) is 20.4 Å². The first-order valence-corrected chi connectivity index (χ1v) is 9.50. The maximum atomic E-state index is 12.7. The summed E-state index contributed by atoms with van der Waals surface area (Å²) in [6.07, 6.45) is 0. The number of Topliss-reactive ketones (excluding diaryl/α,β-unsaturated/α-hetero) is 1. The molecule has 0 amide bonds. The molecule has 0 aliphatic rings. The van der Waals surface area contributed by atoms with Crippen molar-refractivity contribution < 1.29 is 4.79 Å². The van der Waals surface area contributed by atoms with E-state index < -0.39 is 0 Å². The molecule has 0 spiro atoms. The van der Waals surface area contributed by atoms with E-state index in [0.29, 0.717) is 10.7 Å². The standard InChI is InChI=1S/C13H12Br2OS2/c14-7-9(11-3-1-5-17-11)13(16)10(8-15)12-4-2-6-18-12/h1-6,9-10H,7-8H2. The molecule has 2 heterocycles. The topological polar surface area (TPSA) is 17.1 Å². The summed E-state index contributed by atoms with van der Waals surface area (Å²) in [6, 6.07) is 8.07. The van der Waals surface area contributed by atoms with Crippen LogP contribution in [0.4, 0.5) is 0 Å². The molecule has 0 bridgehead atoms. The molecule has 0 fully saturated rings. The molecule has 0 aliphatic heterocycles. The molecule has 2 aromatic heterocycles. The Balaban J connectivity index is 2.23. The minimum absolute atomic E-state index is 0.0466. The van der Waals surface area contributed by atoms with Crippen LogP contribution in [0.5, 0.6) is 0 Å². The second-order valence-corrected chi connectivity index (χ2v) is 7.10. The average molecular weight is 408 g/mol. The Hall–Kier alpha value is 0.0300. The highest BCUT2D eigenvalue weighted by molar-refractivity contribution is 9.09. The lowest BCUT2D eigenvalue weighted by molar-refractivity contribution is -0.120. The Morgan fingerprint density at radius 3 is 1.72 bits per heavy atom. The van der Waals surface area contributed by atoms with Crippen LogP contribution in [0.15, 0.2) is 35.0 Å². The number of carbonyl (C=O) groups excluding carboxylic acids is 1. The summed E-state index contributed by atoms with van der Waals surface area (Å²) in [4.78, 5) is 14.9. The first-order valence-electron chi connectivity index (χ1n) is 5.50. The summed E-state index contributed by atoms with van der Waals surface area (Å²) >= 11 is 10.2. The molecule has 0 radical (unpaired) electrons. The minimum Gasteiger partial charge on any atom is -0.298 e. The van der Waals surface area contributed by atoms with Gasteiger partial charge in [-0.1, -0.05) is 44.0 Å². The van der Waals surface area contributed by atoms with Gasteiger partial charge in [0.1, 0.15) is 0 Å². The monoisotopic (exact) mass is 406 g/mol. The van der Waals surface area contributed by atoms with E-state index in [1.54, 1.807) is 22.7 Å². The lowest BCUT2D eigenvalue weighted by atomic mass is 9.93. The van der Waals surface area contributed by atoms with Crippen molar-refractivity contribution in [2.75, 3.05) is 10.7 Å². The SMILES string of the molecule is O=C(C(CBr)c1cccs1)C(CBr)c1cccs1. The smallest absolute Gasteiger partial charge is 0.151 e. The van der Waals surface area contributed by atoms with Gasteiger partial charge >= 0.3 is 0 Å². The number of alkyl halides is 2. The number of ketones is 1. The summed E-state index contributed by atoms with van der Waals surface area (Å²) in [5, 5.41) is 5.40. The summed E-state index contributed by atoms with van der Waals surface area (Å²) in [7, 11) is 0. The molecule has 2 rings (SSSR count). The van der Waals surface area contributed by atoms with E-state index in [-0.39, 0.29) is 17.6 Å². The molecule has 18 heavy (non-hydrogen) atoms. The molecule has 0 saturated heterocycles. The normalized spacial score (nSPS) is 14.3. The van der Waals surface area contributed by atoms with Gasteiger partial charge in [0.25, 0.3) is 0 Å². The summed E-state index contributed by atoms with van der Waals surface area (Å²) in [6.45, 7) is 0. The van der Waals surface area contributed by atoms with E-state index >= 15 is 0 Å². The first-order chi connectivity index (χ1) is 8.77. The van der Waals surface area contributed by atoms with E-state index in [2.05, 4.69) is 31.9 Å². The van der Waals surface area contributed by atoms with Gasteiger partial charge in [-0.25, -0.2) is 0 Å². The van der Waals surface area contributed by atoms with Crippen molar-refractivity contribution in [3.05, 3.63) is 44.8 Å². The Kier molecular flexibility index (Phi) is 5.60. The quantitative estimate of drug-likeness (QED) is 0.613. The summed E-state index contributed by atoms with van der Waals surface area (Å²) < 4.78 is 0. The predicted octanol–water partition coefficient (Wildman–Crippen LogP) is 5.04. The molecule has 96 valence electrons. The van der Waals surface area contributed by atoms with Gasteiger partial charge in [0.2, 0.25) is 0 Å². The fourth-order valence-electron chi connectivity index (χ4n) is 1.81. The Bertz CT molecular complexity index is 435. The van der Waals surface area contributed by atoms with Crippen molar-refractivity contribution in [1.29, 1.82) is 0 Å². The van der Waals surface area contributed by atoms with E-state index in [9.17, 15) is 4.79 Å². The van der Waals surface area contributed by atoms with Crippen LogP contribution in [0.1, 0.15) is 21.6 Å². The Labute approximate surface area is 131 Å². The maximum absolute atomic E-state index is 12.7. The zero-order valence-electron chi connectivity index (χ0n) is 9.51. The van der Waals surface area contributed by atoms with Gasteiger partial charge in [-0.2, -0.15) is 0 Å². The molecular formula is C13H12Br2OS2. The molecule has 0 N–H and O–H groups in total. The van der Waals surface area contributed by atoms with Crippen LogP contribution in [-0.2, 0) is 4.79 Å². The third-order valence-electron chi connectivity index (χ3n) is 2.77. The molecule has 5 heteroatoms. The highest BCUT2D eigenvalue weighted by atomic mass is 79.9. The first kappa shape index (κ1) is 14.4. The molecule has 0 aliphatic carbocycles. The third-order valence-corrected chi connectivity index (χ3v) is 6.04. The van der Waals surface area contributed by atoms with Crippen LogP contribution < -0.4 is 0 Å². The van der Waals surface area contributed by atoms with Crippen LogP contribution in [0.3, 0.4) is 0 Å². The Morgan fingerprint density at radius 1 is 1.00 bits per heavy atom. The molecule has 2 aromatic rings. The number of hydrogen-bond acceptors (Lipinski definition) is 3. The van der Waals surface area contributed by atoms with Gasteiger partial charge in [-0.3, -0.25) is 4.79 Å². The van der Waals surface area contributed by atoms with Crippen LogP contribution in [-0.4, -0.2) is 16.4 Å². The van der Waals surface area contributed by atoms with E-state index in [0.717, 1.165) is 9.75 Å². The molecule has 0 aromatic carbocycles. The number of thiophene rings is 2. The molecule has 1 nitrogen and oxygen atoms in total. The van der Waals surface area contributed by atoms with Gasteiger partial charge in [-0.05, 0) is 22.9 Å². The molecule has 2 atom stereocenters. The van der Waals surface area contributed by atoms with Crippen LogP contribution >= 0.6 is 54.5 Å². The third kappa shape index (κ3) is 3.13. The maximum Gasteiger partial charge on any atom is 0.151 e. The van der Waals surface area contributed by atoms with E-state index in [1.165, 1.54) is 0 Å². The zero-order chi connectivity index (χ0) is 13.0. The highest BCUT2D eigenvalue weighted by Gasteiger charge is 2.29. The van der Waals surface area contributed by atoms with E-state index in [4.69, 9.17) is 0 Å². The largest absolute Gasteiger partial charge is 0.298 e. The van der Waals surface area contributed by atoms with Crippen LogP contribution in [0.2, 0.25) is 0 Å². The van der Waals surface area contributed by atoms with Crippen molar-refractivity contribution in [3.63, 3.8) is 0 Å². The Morgan fingerprint density at radius 2 is 1.44 bits per heavy atom. The molecule has 2 unspecified atom stereocenters. The van der Waals surface area contributed by atoms with Crippen molar-refractivity contribution in [2.45, 2.75) is 11.8 Å². The average Bonchev–Trinajstić information content (AvgIpc) is 3.03. The van der Waals surface area contributed by atoms with Crippen LogP contribution in [0, 0.1) is 0 Å². The lowest BCUT2D eigenvalue weighted by Gasteiger charge is -2.17. The van der Waals surface area contributed by atoms with Gasteiger partial charge in [0.15, 0.2) is 5.78 Å². The van der Waals surface area contributed by atoms with Crippen molar-refractivity contribution >= 4 is 60.3 Å². The fraction of sp³-hybridized carbons (Fsp3) is 0.308.